The lowest BCUT2D eigenvalue weighted by molar-refractivity contribution is -0.155. The van der Waals surface area contributed by atoms with E-state index < -0.39 is 29.4 Å². The first-order valence-corrected chi connectivity index (χ1v) is 10.6. The Bertz CT molecular complexity index is 989. The van der Waals surface area contributed by atoms with E-state index in [9.17, 15) is 18.8 Å². The third-order valence-electron chi connectivity index (χ3n) is 5.03. The van der Waals surface area contributed by atoms with Crippen molar-refractivity contribution >= 4 is 47.0 Å². The van der Waals surface area contributed by atoms with Crippen LogP contribution in [0.25, 0.3) is 0 Å². The van der Waals surface area contributed by atoms with Gasteiger partial charge in [-0.3, -0.25) is 9.59 Å². The highest BCUT2D eigenvalue weighted by Crippen LogP contribution is 2.54. The summed E-state index contributed by atoms with van der Waals surface area (Å²) in [5.74, 6) is -1.13. The average Bonchev–Trinajstić information content (AvgIpc) is 3.28. The number of thioether (sulfide) groups is 1. The van der Waals surface area contributed by atoms with Crippen molar-refractivity contribution in [2.75, 3.05) is 17.7 Å². The number of hydrogen-bond acceptors (Lipinski definition) is 6. The first kappa shape index (κ1) is 20.6. The second-order valence-corrected chi connectivity index (χ2v) is 8.63. The number of rotatable bonds is 5. The van der Waals surface area contributed by atoms with Crippen molar-refractivity contribution in [2.24, 2.45) is 0 Å². The molecular formula is C20H17ClFN3O4S. The van der Waals surface area contributed by atoms with Crippen LogP contribution >= 0.6 is 23.4 Å². The SMILES string of the molecule is O=C(COC(=O)[C@@H]1CS[C@]2(c3ccc(F)cc3)CCC(=O)N12)Nc1ccc(Cl)cn1. The minimum absolute atomic E-state index is 0.166. The van der Waals surface area contributed by atoms with Crippen LogP contribution in [0.2, 0.25) is 5.02 Å². The minimum Gasteiger partial charge on any atom is -0.454 e. The molecule has 2 aromatic rings. The number of carbonyl (C=O) groups is 3. The number of halogens is 2. The summed E-state index contributed by atoms with van der Waals surface area (Å²) in [6, 6.07) is 8.23. The normalized spacial score (nSPS) is 22.7. The van der Waals surface area contributed by atoms with Crippen LogP contribution in [0.1, 0.15) is 18.4 Å². The number of ether oxygens (including phenoxy) is 1. The van der Waals surface area contributed by atoms with Gasteiger partial charge in [0, 0.05) is 18.4 Å². The van der Waals surface area contributed by atoms with Gasteiger partial charge in [0.2, 0.25) is 5.91 Å². The number of nitrogens with one attached hydrogen (secondary N) is 1. The molecule has 10 heteroatoms. The molecule has 0 radical (unpaired) electrons. The third kappa shape index (κ3) is 3.87. The van der Waals surface area contributed by atoms with Crippen LogP contribution in [-0.2, 0) is 24.0 Å². The molecule has 2 amide bonds. The van der Waals surface area contributed by atoms with E-state index in [1.165, 1.54) is 41.1 Å². The molecule has 1 aromatic carbocycles. The van der Waals surface area contributed by atoms with Gasteiger partial charge in [-0.05, 0) is 36.2 Å². The molecular weight excluding hydrogens is 433 g/mol. The molecule has 2 saturated heterocycles. The fraction of sp³-hybridized carbons (Fsp3) is 0.300. The van der Waals surface area contributed by atoms with Gasteiger partial charge in [-0.2, -0.15) is 0 Å². The zero-order chi connectivity index (χ0) is 21.3. The van der Waals surface area contributed by atoms with Crippen LogP contribution < -0.4 is 5.32 Å². The number of hydrogen-bond donors (Lipinski definition) is 1. The minimum atomic E-state index is -0.809. The number of amides is 2. The molecule has 2 atom stereocenters. The van der Waals surface area contributed by atoms with Crippen LogP contribution in [0.4, 0.5) is 10.2 Å². The number of aromatic nitrogens is 1. The van der Waals surface area contributed by atoms with E-state index in [4.69, 9.17) is 16.3 Å². The van der Waals surface area contributed by atoms with Gasteiger partial charge < -0.3 is 15.0 Å². The Kier molecular flexibility index (Phi) is 5.66. The summed E-state index contributed by atoms with van der Waals surface area (Å²) in [6.07, 6.45) is 2.19. The second-order valence-electron chi connectivity index (χ2n) is 6.90. The Morgan fingerprint density at radius 3 is 2.77 bits per heavy atom. The van der Waals surface area contributed by atoms with Crippen molar-refractivity contribution in [3.8, 4) is 0 Å². The van der Waals surface area contributed by atoms with Crippen molar-refractivity contribution in [2.45, 2.75) is 23.8 Å². The van der Waals surface area contributed by atoms with Gasteiger partial charge in [-0.1, -0.05) is 23.7 Å². The highest BCUT2D eigenvalue weighted by atomic mass is 35.5. The number of carbonyl (C=O) groups excluding carboxylic acids is 3. The first-order valence-electron chi connectivity index (χ1n) is 9.19. The lowest BCUT2D eigenvalue weighted by atomic mass is 10.0. The molecule has 0 saturated carbocycles. The molecule has 156 valence electrons. The number of pyridine rings is 1. The fourth-order valence-corrected chi connectivity index (χ4v) is 5.44. The van der Waals surface area contributed by atoms with Gasteiger partial charge in [0.1, 0.15) is 22.5 Å². The van der Waals surface area contributed by atoms with Crippen molar-refractivity contribution in [1.82, 2.24) is 9.88 Å². The lowest BCUT2D eigenvalue weighted by Gasteiger charge is -2.33. The van der Waals surface area contributed by atoms with Crippen molar-refractivity contribution in [3.63, 3.8) is 0 Å². The number of nitrogens with zero attached hydrogens (tertiary/aromatic N) is 2. The average molecular weight is 450 g/mol. The Morgan fingerprint density at radius 1 is 1.30 bits per heavy atom. The summed E-state index contributed by atoms with van der Waals surface area (Å²) in [5, 5.41) is 2.93. The maximum Gasteiger partial charge on any atom is 0.330 e. The van der Waals surface area contributed by atoms with E-state index in [0.717, 1.165) is 5.56 Å². The molecule has 3 heterocycles. The summed E-state index contributed by atoms with van der Waals surface area (Å²) in [4.78, 5) is 42.0. The summed E-state index contributed by atoms with van der Waals surface area (Å²) in [5.41, 5.74) is 0.765. The number of esters is 1. The summed E-state index contributed by atoms with van der Waals surface area (Å²) in [7, 11) is 0. The van der Waals surface area contributed by atoms with Gasteiger partial charge in [-0.25, -0.2) is 14.2 Å². The topological polar surface area (TPSA) is 88.6 Å². The van der Waals surface area contributed by atoms with E-state index >= 15 is 0 Å². The summed E-state index contributed by atoms with van der Waals surface area (Å²) in [6.45, 7) is -0.504. The number of benzene rings is 1. The molecule has 7 nitrogen and oxygen atoms in total. The zero-order valence-electron chi connectivity index (χ0n) is 15.6. The molecule has 0 aliphatic carbocycles. The largest absolute Gasteiger partial charge is 0.454 e. The Labute approximate surface area is 180 Å². The van der Waals surface area contributed by atoms with Gasteiger partial charge in [0.05, 0.1) is 5.02 Å². The Balaban J connectivity index is 1.42. The first-order chi connectivity index (χ1) is 14.4. The molecule has 0 bridgehead atoms. The molecule has 2 aliphatic rings. The van der Waals surface area contributed by atoms with E-state index in [0.29, 0.717) is 17.2 Å². The monoisotopic (exact) mass is 449 g/mol. The standard InChI is InChI=1S/C20H17ClFN3O4S/c21-13-3-6-16(23-9-13)24-17(26)10-29-19(28)15-11-30-20(8-7-18(27)25(15)20)12-1-4-14(22)5-2-12/h1-6,9,15H,7-8,10-11H2,(H,23,24,26)/t15-,20-/m0/s1. The van der Waals surface area contributed by atoms with Gasteiger partial charge in [0.15, 0.2) is 6.61 Å². The molecule has 1 N–H and O–H groups in total. The molecule has 1 aromatic heterocycles. The molecule has 0 unspecified atom stereocenters. The van der Waals surface area contributed by atoms with E-state index in [2.05, 4.69) is 10.3 Å². The van der Waals surface area contributed by atoms with Crippen molar-refractivity contribution in [3.05, 3.63) is 59.0 Å². The van der Waals surface area contributed by atoms with Crippen LogP contribution in [0, 0.1) is 5.82 Å². The Hall–Kier alpha value is -2.65. The summed E-state index contributed by atoms with van der Waals surface area (Å²) >= 11 is 7.20. The second kappa shape index (κ2) is 8.23. The molecule has 4 rings (SSSR count). The predicted octanol–water partition coefficient (Wildman–Crippen LogP) is 2.95. The lowest BCUT2D eigenvalue weighted by Crippen LogP contribution is -2.47. The predicted molar refractivity (Wildman–Crippen MR) is 109 cm³/mol. The number of anilines is 1. The summed E-state index contributed by atoms with van der Waals surface area (Å²) < 4.78 is 18.5. The fourth-order valence-electron chi connectivity index (χ4n) is 3.69. The Morgan fingerprint density at radius 2 is 2.07 bits per heavy atom. The molecule has 2 fully saturated rings. The smallest absolute Gasteiger partial charge is 0.330 e. The van der Waals surface area contributed by atoms with Crippen molar-refractivity contribution < 1.29 is 23.5 Å². The maximum absolute atomic E-state index is 13.3. The van der Waals surface area contributed by atoms with E-state index in [1.54, 1.807) is 18.2 Å². The maximum atomic E-state index is 13.3. The zero-order valence-corrected chi connectivity index (χ0v) is 17.2. The van der Waals surface area contributed by atoms with Crippen LogP contribution in [0.15, 0.2) is 42.6 Å². The molecule has 2 aliphatic heterocycles. The third-order valence-corrected chi connectivity index (χ3v) is 6.86. The van der Waals surface area contributed by atoms with E-state index in [1.807, 2.05) is 0 Å². The quantitative estimate of drug-likeness (QED) is 0.706. The van der Waals surface area contributed by atoms with Gasteiger partial charge in [-0.15, -0.1) is 11.8 Å². The highest BCUT2D eigenvalue weighted by molar-refractivity contribution is 8.00. The molecule has 0 spiro atoms. The van der Waals surface area contributed by atoms with Crippen molar-refractivity contribution in [1.29, 1.82) is 0 Å². The number of fused-ring (bicyclic) bond motifs is 1. The molecule has 30 heavy (non-hydrogen) atoms. The van der Waals surface area contributed by atoms with Gasteiger partial charge >= 0.3 is 5.97 Å². The highest BCUT2D eigenvalue weighted by Gasteiger charge is 2.57. The van der Waals surface area contributed by atoms with E-state index in [-0.39, 0.29) is 24.0 Å². The van der Waals surface area contributed by atoms with Gasteiger partial charge in [0.25, 0.3) is 5.91 Å². The van der Waals surface area contributed by atoms with Crippen LogP contribution in [0.5, 0.6) is 0 Å². The van der Waals surface area contributed by atoms with Crippen LogP contribution in [0.3, 0.4) is 0 Å². The van der Waals surface area contributed by atoms with Crippen LogP contribution in [-0.4, -0.2) is 46.1 Å².